The maximum atomic E-state index is 12.4. The maximum absolute atomic E-state index is 12.4. The molecule has 0 aliphatic heterocycles. The van der Waals surface area contributed by atoms with Crippen LogP contribution < -0.4 is 10.0 Å². The van der Waals surface area contributed by atoms with Gasteiger partial charge in [0.05, 0.1) is 4.90 Å². The molecule has 120 valence electrons. The predicted octanol–water partition coefficient (Wildman–Crippen LogP) is 3.34. The molecule has 0 unspecified atom stereocenters. The fourth-order valence-electron chi connectivity index (χ4n) is 2.04. The zero-order chi connectivity index (χ0) is 15.9. The zero-order valence-corrected chi connectivity index (χ0v) is 15.4. The molecule has 0 atom stereocenters. The van der Waals surface area contributed by atoms with Gasteiger partial charge in [-0.1, -0.05) is 32.8 Å². The van der Waals surface area contributed by atoms with Gasteiger partial charge in [0, 0.05) is 17.6 Å². The second-order valence-electron chi connectivity index (χ2n) is 5.11. The summed E-state index contributed by atoms with van der Waals surface area (Å²) >= 11 is 3.40. The standard InChI is InChI=1S/C15H25BrN2O2S/c1-4-6-7-8-18-21(19,20)14-10-13(11-17-5-2)9-12(3)15(14)16/h9-10,17-18H,4-8,11H2,1-3H3. The number of unbranched alkanes of at least 4 members (excludes halogenated alkanes) is 2. The highest BCUT2D eigenvalue weighted by atomic mass is 79.9. The molecule has 0 saturated heterocycles. The van der Waals surface area contributed by atoms with E-state index in [0.717, 1.165) is 36.9 Å². The van der Waals surface area contributed by atoms with E-state index in [1.54, 1.807) is 6.07 Å². The highest BCUT2D eigenvalue weighted by Gasteiger charge is 2.19. The number of hydrogen-bond donors (Lipinski definition) is 2. The minimum Gasteiger partial charge on any atom is -0.313 e. The Bertz CT molecular complexity index is 559. The van der Waals surface area contributed by atoms with Crippen LogP contribution in [0.25, 0.3) is 0 Å². The topological polar surface area (TPSA) is 58.2 Å². The third-order valence-electron chi connectivity index (χ3n) is 3.22. The lowest BCUT2D eigenvalue weighted by Crippen LogP contribution is -2.25. The Morgan fingerprint density at radius 3 is 2.52 bits per heavy atom. The Labute approximate surface area is 136 Å². The number of nitrogens with one attached hydrogen (secondary N) is 2. The first-order chi connectivity index (χ1) is 9.92. The van der Waals surface area contributed by atoms with Crippen molar-refractivity contribution in [3.63, 3.8) is 0 Å². The molecule has 2 N–H and O–H groups in total. The summed E-state index contributed by atoms with van der Waals surface area (Å²) in [6.07, 6.45) is 2.97. The number of benzene rings is 1. The molecule has 1 aromatic carbocycles. The van der Waals surface area contributed by atoms with E-state index in [-0.39, 0.29) is 0 Å². The van der Waals surface area contributed by atoms with Crippen LogP contribution in [0.1, 0.15) is 44.2 Å². The molecule has 0 spiro atoms. The van der Waals surface area contributed by atoms with E-state index in [9.17, 15) is 8.42 Å². The molecule has 0 saturated carbocycles. The van der Waals surface area contributed by atoms with Crippen molar-refractivity contribution < 1.29 is 8.42 Å². The van der Waals surface area contributed by atoms with Gasteiger partial charge in [-0.25, -0.2) is 13.1 Å². The van der Waals surface area contributed by atoms with Crippen LogP contribution in [0.15, 0.2) is 21.5 Å². The van der Waals surface area contributed by atoms with E-state index in [0.29, 0.717) is 22.5 Å². The number of hydrogen-bond acceptors (Lipinski definition) is 3. The smallest absolute Gasteiger partial charge is 0.241 e. The summed E-state index contributed by atoms with van der Waals surface area (Å²) in [5.41, 5.74) is 1.91. The molecule has 1 rings (SSSR count). The Hall–Kier alpha value is -0.430. The van der Waals surface area contributed by atoms with Crippen LogP contribution in [0.5, 0.6) is 0 Å². The lowest BCUT2D eigenvalue weighted by molar-refractivity contribution is 0.575. The summed E-state index contributed by atoms with van der Waals surface area (Å²) in [4.78, 5) is 0.326. The molecule has 0 fully saturated rings. The SMILES string of the molecule is CCCCCNS(=O)(=O)c1cc(CNCC)cc(C)c1Br. The molecular weight excluding hydrogens is 352 g/mol. The van der Waals surface area contributed by atoms with Crippen molar-refractivity contribution in [1.29, 1.82) is 0 Å². The Balaban J connectivity index is 2.95. The first-order valence-electron chi connectivity index (χ1n) is 7.41. The van der Waals surface area contributed by atoms with Gasteiger partial charge in [0.15, 0.2) is 0 Å². The van der Waals surface area contributed by atoms with Crippen LogP contribution in [-0.4, -0.2) is 21.5 Å². The normalized spacial score (nSPS) is 11.8. The van der Waals surface area contributed by atoms with Gasteiger partial charge in [-0.05, 0) is 53.0 Å². The van der Waals surface area contributed by atoms with Crippen LogP contribution in [0.2, 0.25) is 0 Å². The van der Waals surface area contributed by atoms with E-state index in [1.165, 1.54) is 0 Å². The van der Waals surface area contributed by atoms with E-state index in [1.807, 2.05) is 19.9 Å². The summed E-state index contributed by atoms with van der Waals surface area (Å²) < 4.78 is 28.2. The van der Waals surface area contributed by atoms with E-state index < -0.39 is 10.0 Å². The molecule has 0 radical (unpaired) electrons. The molecule has 6 heteroatoms. The molecule has 0 amide bonds. The largest absolute Gasteiger partial charge is 0.313 e. The summed E-state index contributed by atoms with van der Waals surface area (Å²) in [6, 6.07) is 3.74. The van der Waals surface area contributed by atoms with Gasteiger partial charge >= 0.3 is 0 Å². The van der Waals surface area contributed by atoms with Crippen LogP contribution in [0.4, 0.5) is 0 Å². The van der Waals surface area contributed by atoms with Gasteiger partial charge in [-0.15, -0.1) is 0 Å². The van der Waals surface area contributed by atoms with Crippen molar-refractivity contribution in [2.75, 3.05) is 13.1 Å². The Morgan fingerprint density at radius 2 is 1.90 bits per heavy atom. The Kier molecular flexibility index (Phi) is 7.87. The second-order valence-corrected chi connectivity index (χ2v) is 7.64. The molecule has 0 bridgehead atoms. The molecule has 1 aromatic rings. The van der Waals surface area contributed by atoms with Gasteiger partial charge in [0.2, 0.25) is 10.0 Å². The predicted molar refractivity (Wildman–Crippen MR) is 91.0 cm³/mol. The van der Waals surface area contributed by atoms with Gasteiger partial charge in [0.1, 0.15) is 0 Å². The summed E-state index contributed by atoms with van der Waals surface area (Å²) in [5.74, 6) is 0. The van der Waals surface area contributed by atoms with Crippen molar-refractivity contribution in [2.24, 2.45) is 0 Å². The monoisotopic (exact) mass is 376 g/mol. The fraction of sp³-hybridized carbons (Fsp3) is 0.600. The third kappa shape index (κ3) is 5.70. The molecule has 21 heavy (non-hydrogen) atoms. The van der Waals surface area contributed by atoms with Crippen molar-refractivity contribution in [1.82, 2.24) is 10.0 Å². The van der Waals surface area contributed by atoms with Crippen molar-refractivity contribution in [3.8, 4) is 0 Å². The first kappa shape index (κ1) is 18.6. The second kappa shape index (κ2) is 8.88. The van der Waals surface area contributed by atoms with Crippen LogP contribution in [-0.2, 0) is 16.6 Å². The summed E-state index contributed by atoms with van der Waals surface area (Å²) in [6.45, 7) is 8.04. The van der Waals surface area contributed by atoms with Crippen molar-refractivity contribution in [2.45, 2.75) is 51.5 Å². The zero-order valence-electron chi connectivity index (χ0n) is 13.0. The van der Waals surface area contributed by atoms with Gasteiger partial charge < -0.3 is 5.32 Å². The molecule has 0 aromatic heterocycles. The molecule has 0 aliphatic carbocycles. The van der Waals surface area contributed by atoms with Crippen LogP contribution in [0.3, 0.4) is 0 Å². The van der Waals surface area contributed by atoms with Crippen molar-refractivity contribution in [3.05, 3.63) is 27.7 Å². The fourth-order valence-corrected chi connectivity index (χ4v) is 4.18. The number of sulfonamides is 1. The quantitative estimate of drug-likeness (QED) is 0.649. The van der Waals surface area contributed by atoms with E-state index in [2.05, 4.69) is 32.9 Å². The summed E-state index contributed by atoms with van der Waals surface area (Å²) in [7, 11) is -3.47. The minimum absolute atomic E-state index is 0.326. The number of halogens is 1. The van der Waals surface area contributed by atoms with Crippen LogP contribution >= 0.6 is 15.9 Å². The summed E-state index contributed by atoms with van der Waals surface area (Å²) in [5, 5.41) is 3.22. The van der Waals surface area contributed by atoms with E-state index >= 15 is 0 Å². The lowest BCUT2D eigenvalue weighted by Gasteiger charge is -2.13. The third-order valence-corrected chi connectivity index (χ3v) is 6.02. The average Bonchev–Trinajstić information content (AvgIpc) is 2.44. The molecule has 0 aliphatic rings. The highest BCUT2D eigenvalue weighted by Crippen LogP contribution is 2.27. The Morgan fingerprint density at radius 1 is 1.19 bits per heavy atom. The molecule has 4 nitrogen and oxygen atoms in total. The number of rotatable bonds is 9. The average molecular weight is 377 g/mol. The molecule has 0 heterocycles. The van der Waals surface area contributed by atoms with Gasteiger partial charge in [-0.2, -0.15) is 0 Å². The molecular formula is C15H25BrN2O2S. The maximum Gasteiger partial charge on any atom is 0.241 e. The van der Waals surface area contributed by atoms with Crippen LogP contribution in [0, 0.1) is 6.92 Å². The van der Waals surface area contributed by atoms with Crippen molar-refractivity contribution >= 4 is 26.0 Å². The van der Waals surface area contributed by atoms with Gasteiger partial charge in [0.25, 0.3) is 0 Å². The van der Waals surface area contributed by atoms with E-state index in [4.69, 9.17) is 0 Å². The lowest BCUT2D eigenvalue weighted by atomic mass is 10.1. The van der Waals surface area contributed by atoms with Gasteiger partial charge in [-0.3, -0.25) is 0 Å². The number of aryl methyl sites for hydroxylation is 1. The minimum atomic E-state index is -3.47. The first-order valence-corrected chi connectivity index (χ1v) is 9.69. The highest BCUT2D eigenvalue weighted by molar-refractivity contribution is 9.10.